The monoisotopic (exact) mass is 434 g/mol. The topological polar surface area (TPSA) is 49.4 Å². The molecule has 0 radical (unpaired) electrons. The van der Waals surface area contributed by atoms with Gasteiger partial charge in [-0.2, -0.15) is 0 Å². The van der Waals surface area contributed by atoms with E-state index in [0.717, 1.165) is 28.9 Å². The van der Waals surface area contributed by atoms with Crippen molar-refractivity contribution < 1.29 is 9.59 Å². The summed E-state index contributed by atoms with van der Waals surface area (Å²) in [7, 11) is 0. The van der Waals surface area contributed by atoms with Gasteiger partial charge in [-0.05, 0) is 61.3 Å². The molecule has 1 atom stereocenters. The Balaban J connectivity index is 1.52. The van der Waals surface area contributed by atoms with Crippen molar-refractivity contribution in [3.05, 3.63) is 28.7 Å². The van der Waals surface area contributed by atoms with Crippen molar-refractivity contribution in [2.45, 2.75) is 65.3 Å². The highest BCUT2D eigenvalue weighted by Gasteiger charge is 2.37. The second-order valence-electron chi connectivity index (χ2n) is 8.78. The molecule has 1 N–H and O–H groups in total. The molecule has 1 heterocycles. The highest BCUT2D eigenvalue weighted by molar-refractivity contribution is 9.10. The molecule has 1 saturated heterocycles. The first-order valence-corrected chi connectivity index (χ1v) is 11.0. The lowest BCUT2D eigenvalue weighted by Gasteiger charge is -2.39. The highest BCUT2D eigenvalue weighted by Crippen LogP contribution is 2.40. The van der Waals surface area contributed by atoms with Gasteiger partial charge in [0.15, 0.2) is 0 Å². The molecule has 2 amide bonds. The van der Waals surface area contributed by atoms with Crippen LogP contribution in [0.2, 0.25) is 0 Å². The second-order valence-corrected chi connectivity index (χ2v) is 9.70. The average Bonchev–Trinajstić information content (AvgIpc) is 3.05. The summed E-state index contributed by atoms with van der Waals surface area (Å²) in [6.07, 6.45) is 5.97. The fourth-order valence-electron chi connectivity index (χ4n) is 4.38. The van der Waals surface area contributed by atoms with E-state index in [1.807, 2.05) is 24.3 Å². The highest BCUT2D eigenvalue weighted by atomic mass is 79.9. The minimum absolute atomic E-state index is 0.0332. The molecule has 1 aromatic rings. The van der Waals surface area contributed by atoms with Crippen LogP contribution >= 0.6 is 15.9 Å². The molecule has 0 bridgehead atoms. The van der Waals surface area contributed by atoms with E-state index in [1.165, 1.54) is 19.3 Å². The molecule has 1 aliphatic heterocycles. The summed E-state index contributed by atoms with van der Waals surface area (Å²) >= 11 is 3.41. The van der Waals surface area contributed by atoms with Gasteiger partial charge >= 0.3 is 0 Å². The van der Waals surface area contributed by atoms with Gasteiger partial charge in [-0.15, -0.1) is 0 Å². The zero-order valence-corrected chi connectivity index (χ0v) is 18.2. The maximum absolute atomic E-state index is 12.7. The molecule has 5 heteroatoms. The number of halogens is 1. The van der Waals surface area contributed by atoms with Gasteiger partial charge in [0.05, 0.1) is 5.92 Å². The molecular weight excluding hydrogens is 404 g/mol. The lowest BCUT2D eigenvalue weighted by molar-refractivity contribution is -0.127. The van der Waals surface area contributed by atoms with Crippen molar-refractivity contribution in [1.82, 2.24) is 5.32 Å². The molecule has 0 unspecified atom stereocenters. The van der Waals surface area contributed by atoms with Gasteiger partial charge in [-0.25, -0.2) is 0 Å². The van der Waals surface area contributed by atoms with Crippen LogP contribution in [-0.2, 0) is 9.59 Å². The largest absolute Gasteiger partial charge is 0.353 e. The summed E-state index contributed by atoms with van der Waals surface area (Å²) in [6.45, 7) is 7.46. The van der Waals surface area contributed by atoms with E-state index in [-0.39, 0.29) is 23.8 Å². The third-order valence-electron chi connectivity index (χ3n) is 6.72. The Kier molecular flexibility index (Phi) is 6.29. The van der Waals surface area contributed by atoms with Crippen LogP contribution in [0, 0.1) is 17.3 Å². The van der Waals surface area contributed by atoms with Crippen molar-refractivity contribution in [3.8, 4) is 0 Å². The van der Waals surface area contributed by atoms with Crippen molar-refractivity contribution in [2.24, 2.45) is 17.3 Å². The summed E-state index contributed by atoms with van der Waals surface area (Å²) < 4.78 is 0.981. The quantitative estimate of drug-likeness (QED) is 0.714. The Hall–Kier alpha value is -1.36. The van der Waals surface area contributed by atoms with Gasteiger partial charge in [0.2, 0.25) is 11.8 Å². The van der Waals surface area contributed by atoms with E-state index in [9.17, 15) is 9.59 Å². The summed E-state index contributed by atoms with van der Waals surface area (Å²) in [6, 6.07) is 7.94. The van der Waals surface area contributed by atoms with Crippen molar-refractivity contribution >= 4 is 33.4 Å². The molecular formula is C22H31BrN2O2. The Morgan fingerprint density at radius 3 is 2.41 bits per heavy atom. The normalized spacial score (nSPS) is 26.3. The van der Waals surface area contributed by atoms with Crippen LogP contribution in [-0.4, -0.2) is 24.4 Å². The summed E-state index contributed by atoms with van der Waals surface area (Å²) in [5.74, 6) is 0.578. The van der Waals surface area contributed by atoms with E-state index < -0.39 is 0 Å². The van der Waals surface area contributed by atoms with Crippen LogP contribution in [0.4, 0.5) is 5.69 Å². The maximum atomic E-state index is 12.7. The smallest absolute Gasteiger partial charge is 0.227 e. The fourth-order valence-corrected chi connectivity index (χ4v) is 4.65. The summed E-state index contributed by atoms with van der Waals surface area (Å²) in [5.41, 5.74) is 1.25. The van der Waals surface area contributed by atoms with E-state index in [4.69, 9.17) is 0 Å². The summed E-state index contributed by atoms with van der Waals surface area (Å²) in [5, 5.41) is 3.23. The van der Waals surface area contributed by atoms with Crippen LogP contribution in [0.15, 0.2) is 28.7 Å². The number of nitrogens with zero attached hydrogens (tertiary/aromatic N) is 1. The van der Waals surface area contributed by atoms with E-state index in [1.54, 1.807) is 4.90 Å². The number of hydrogen-bond donors (Lipinski definition) is 1. The predicted octanol–water partition coefficient (Wildman–Crippen LogP) is 4.91. The fraction of sp³-hybridized carbons (Fsp3) is 0.636. The maximum Gasteiger partial charge on any atom is 0.227 e. The Bertz CT molecular complexity index is 678. The molecule has 1 aromatic carbocycles. The van der Waals surface area contributed by atoms with Crippen LogP contribution in [0.1, 0.15) is 59.3 Å². The molecule has 2 aliphatic rings. The average molecular weight is 435 g/mol. The van der Waals surface area contributed by atoms with E-state index >= 15 is 0 Å². The van der Waals surface area contributed by atoms with Crippen LogP contribution in [0.3, 0.4) is 0 Å². The Labute approximate surface area is 171 Å². The molecule has 27 heavy (non-hydrogen) atoms. The minimum Gasteiger partial charge on any atom is -0.353 e. The molecule has 3 rings (SSSR count). The van der Waals surface area contributed by atoms with Crippen LogP contribution < -0.4 is 10.2 Å². The first-order chi connectivity index (χ1) is 12.8. The SMILES string of the molecule is CCC(C)(C)C1CCC(NC(=O)[C@H]2CC(=O)N(c3ccc(Br)cc3)C2)CC1. The van der Waals surface area contributed by atoms with Gasteiger partial charge in [0.1, 0.15) is 0 Å². The molecule has 1 aliphatic carbocycles. The first-order valence-electron chi connectivity index (χ1n) is 10.2. The zero-order valence-electron chi connectivity index (χ0n) is 16.6. The van der Waals surface area contributed by atoms with Crippen molar-refractivity contribution in [1.29, 1.82) is 0 Å². The number of anilines is 1. The number of benzene rings is 1. The number of rotatable bonds is 5. The van der Waals surface area contributed by atoms with Gasteiger partial charge in [-0.1, -0.05) is 43.1 Å². The molecule has 2 fully saturated rings. The van der Waals surface area contributed by atoms with E-state index in [2.05, 4.69) is 42.0 Å². The Morgan fingerprint density at radius 1 is 1.19 bits per heavy atom. The molecule has 148 valence electrons. The standard InChI is InChI=1S/C22H31BrN2O2/c1-4-22(2,3)16-5-9-18(10-6-16)24-21(27)15-13-20(26)25(14-15)19-11-7-17(23)8-12-19/h7-8,11-12,15-16,18H,4-6,9-10,13-14H2,1-3H3,(H,24,27)/t15-,16?,18?/m0/s1. The number of carbonyl (C=O) groups excluding carboxylic acids is 2. The lowest BCUT2D eigenvalue weighted by atomic mass is 9.69. The minimum atomic E-state index is -0.244. The van der Waals surface area contributed by atoms with E-state index in [0.29, 0.717) is 18.4 Å². The predicted molar refractivity (Wildman–Crippen MR) is 113 cm³/mol. The third kappa shape index (κ3) is 4.74. The van der Waals surface area contributed by atoms with Gasteiger partial charge in [0, 0.05) is 29.2 Å². The molecule has 4 nitrogen and oxygen atoms in total. The summed E-state index contributed by atoms with van der Waals surface area (Å²) in [4.78, 5) is 26.8. The second kappa shape index (κ2) is 8.34. The zero-order chi connectivity index (χ0) is 19.6. The van der Waals surface area contributed by atoms with Crippen molar-refractivity contribution in [3.63, 3.8) is 0 Å². The third-order valence-corrected chi connectivity index (χ3v) is 7.25. The van der Waals surface area contributed by atoms with Crippen LogP contribution in [0.5, 0.6) is 0 Å². The number of carbonyl (C=O) groups is 2. The Morgan fingerprint density at radius 2 is 1.81 bits per heavy atom. The van der Waals surface area contributed by atoms with Crippen molar-refractivity contribution in [2.75, 3.05) is 11.4 Å². The van der Waals surface area contributed by atoms with Crippen LogP contribution in [0.25, 0.3) is 0 Å². The molecule has 0 aromatic heterocycles. The number of amides is 2. The first kappa shape index (κ1) is 20.4. The number of nitrogens with one attached hydrogen (secondary N) is 1. The lowest BCUT2D eigenvalue weighted by Crippen LogP contribution is -2.43. The number of hydrogen-bond acceptors (Lipinski definition) is 2. The molecule has 1 saturated carbocycles. The van der Waals surface area contributed by atoms with Gasteiger partial charge in [-0.3, -0.25) is 9.59 Å². The van der Waals surface area contributed by atoms with Gasteiger partial charge in [0.25, 0.3) is 0 Å². The van der Waals surface area contributed by atoms with Gasteiger partial charge < -0.3 is 10.2 Å². The molecule has 0 spiro atoms.